The van der Waals surface area contributed by atoms with Crippen LogP contribution in [0.5, 0.6) is 0 Å². The van der Waals surface area contributed by atoms with Crippen molar-refractivity contribution in [2.45, 2.75) is 6.04 Å². The summed E-state index contributed by atoms with van der Waals surface area (Å²) in [6.45, 7) is 0.582. The van der Waals surface area contributed by atoms with Gasteiger partial charge in [0.15, 0.2) is 0 Å². The molecule has 0 radical (unpaired) electrons. The van der Waals surface area contributed by atoms with Crippen LogP contribution in [0.4, 0.5) is 0 Å². The maximum atomic E-state index is 12.2. The quantitative estimate of drug-likeness (QED) is 0.798. The van der Waals surface area contributed by atoms with Crippen molar-refractivity contribution in [1.29, 1.82) is 0 Å². The molecule has 0 heterocycles. The molecular formula is C19H22ClN3O2. The monoisotopic (exact) mass is 359 g/mol. The van der Waals surface area contributed by atoms with Crippen molar-refractivity contribution in [2.75, 3.05) is 27.2 Å². The SMILES string of the molecule is CN(C)C[C@@H](NC(=O)CNC(=O)c1ccc(Cl)cc1)c1ccccc1. The van der Waals surface area contributed by atoms with Crippen LogP contribution in [0.25, 0.3) is 0 Å². The average Bonchev–Trinajstić information content (AvgIpc) is 2.60. The molecule has 0 saturated carbocycles. The fraction of sp³-hybridized carbons (Fsp3) is 0.263. The summed E-state index contributed by atoms with van der Waals surface area (Å²) in [6, 6.07) is 16.1. The molecule has 0 fully saturated rings. The summed E-state index contributed by atoms with van der Waals surface area (Å²) in [7, 11) is 3.90. The highest BCUT2D eigenvalue weighted by molar-refractivity contribution is 6.30. The summed E-state index contributed by atoms with van der Waals surface area (Å²) in [4.78, 5) is 26.3. The molecule has 132 valence electrons. The molecular weight excluding hydrogens is 338 g/mol. The fourth-order valence-electron chi connectivity index (χ4n) is 2.39. The van der Waals surface area contributed by atoms with Crippen LogP contribution < -0.4 is 10.6 Å². The van der Waals surface area contributed by atoms with E-state index in [2.05, 4.69) is 10.6 Å². The number of rotatable bonds is 7. The zero-order valence-electron chi connectivity index (χ0n) is 14.3. The maximum Gasteiger partial charge on any atom is 0.251 e. The Labute approximate surface area is 153 Å². The minimum atomic E-state index is -0.310. The van der Waals surface area contributed by atoms with Gasteiger partial charge in [0.05, 0.1) is 12.6 Å². The normalized spacial score (nSPS) is 11.8. The predicted molar refractivity (Wildman–Crippen MR) is 99.7 cm³/mol. The Morgan fingerprint density at radius 1 is 1.04 bits per heavy atom. The van der Waals surface area contributed by atoms with Gasteiger partial charge in [-0.3, -0.25) is 9.59 Å². The number of likely N-dealkylation sites (N-methyl/N-ethyl adjacent to an activating group) is 1. The lowest BCUT2D eigenvalue weighted by molar-refractivity contribution is -0.121. The Balaban J connectivity index is 1.92. The van der Waals surface area contributed by atoms with Crippen LogP contribution in [-0.4, -0.2) is 43.9 Å². The number of amides is 2. The van der Waals surface area contributed by atoms with E-state index >= 15 is 0 Å². The first kappa shape index (κ1) is 19.0. The molecule has 2 aromatic rings. The second kappa shape index (κ2) is 9.20. The van der Waals surface area contributed by atoms with Crippen molar-refractivity contribution in [2.24, 2.45) is 0 Å². The minimum absolute atomic E-state index is 0.0851. The Morgan fingerprint density at radius 3 is 2.28 bits per heavy atom. The molecule has 0 aliphatic heterocycles. The summed E-state index contributed by atoms with van der Waals surface area (Å²) in [5.74, 6) is -0.547. The van der Waals surface area contributed by atoms with E-state index in [0.717, 1.165) is 5.56 Å². The van der Waals surface area contributed by atoms with E-state index in [1.165, 1.54) is 0 Å². The van der Waals surface area contributed by atoms with Gasteiger partial charge in [-0.2, -0.15) is 0 Å². The first-order chi connectivity index (χ1) is 12.0. The van der Waals surface area contributed by atoms with E-state index in [0.29, 0.717) is 17.1 Å². The van der Waals surface area contributed by atoms with Gasteiger partial charge < -0.3 is 15.5 Å². The molecule has 0 spiro atoms. The van der Waals surface area contributed by atoms with E-state index in [1.807, 2.05) is 49.3 Å². The molecule has 0 aromatic heterocycles. The van der Waals surface area contributed by atoms with Gasteiger partial charge in [0, 0.05) is 17.1 Å². The highest BCUT2D eigenvalue weighted by Crippen LogP contribution is 2.13. The number of halogens is 1. The summed E-state index contributed by atoms with van der Waals surface area (Å²) >= 11 is 5.80. The van der Waals surface area contributed by atoms with E-state index in [1.54, 1.807) is 24.3 Å². The number of carbonyl (C=O) groups excluding carboxylic acids is 2. The Morgan fingerprint density at radius 2 is 1.68 bits per heavy atom. The third-order valence-corrected chi connectivity index (χ3v) is 3.85. The number of hydrogen-bond donors (Lipinski definition) is 2. The number of carbonyl (C=O) groups is 2. The average molecular weight is 360 g/mol. The third-order valence-electron chi connectivity index (χ3n) is 3.60. The third kappa shape index (κ3) is 6.21. The van der Waals surface area contributed by atoms with E-state index < -0.39 is 0 Å². The standard InChI is InChI=1S/C19H22ClN3O2/c1-23(2)13-17(14-6-4-3-5-7-14)22-18(24)12-21-19(25)15-8-10-16(20)11-9-15/h3-11,17H,12-13H2,1-2H3,(H,21,25)(H,22,24)/t17-/m1/s1. The van der Waals surface area contributed by atoms with Crippen molar-refractivity contribution in [1.82, 2.24) is 15.5 Å². The summed E-state index contributed by atoms with van der Waals surface area (Å²) in [5.41, 5.74) is 1.48. The topological polar surface area (TPSA) is 61.4 Å². The van der Waals surface area contributed by atoms with E-state index in [9.17, 15) is 9.59 Å². The molecule has 2 N–H and O–H groups in total. The predicted octanol–water partition coefficient (Wildman–Crippen LogP) is 2.49. The van der Waals surface area contributed by atoms with Gasteiger partial charge in [0.2, 0.25) is 5.91 Å². The molecule has 25 heavy (non-hydrogen) atoms. The van der Waals surface area contributed by atoms with Crippen LogP contribution in [0.15, 0.2) is 54.6 Å². The molecule has 2 amide bonds. The van der Waals surface area contributed by atoms with E-state index in [4.69, 9.17) is 11.6 Å². The summed E-state index contributed by atoms with van der Waals surface area (Å²) in [5, 5.41) is 6.14. The van der Waals surface area contributed by atoms with Gasteiger partial charge >= 0.3 is 0 Å². The largest absolute Gasteiger partial charge is 0.346 e. The molecule has 0 aliphatic carbocycles. The van der Waals surface area contributed by atoms with Gasteiger partial charge in [0.1, 0.15) is 0 Å². The van der Waals surface area contributed by atoms with Crippen molar-refractivity contribution in [3.8, 4) is 0 Å². The Bertz CT molecular complexity index is 702. The molecule has 1 atom stereocenters. The van der Waals surface area contributed by atoms with Gasteiger partial charge in [0.25, 0.3) is 5.91 Å². The zero-order chi connectivity index (χ0) is 18.2. The lowest BCUT2D eigenvalue weighted by Crippen LogP contribution is -2.41. The van der Waals surface area contributed by atoms with Gasteiger partial charge in [-0.25, -0.2) is 0 Å². The number of nitrogens with one attached hydrogen (secondary N) is 2. The van der Waals surface area contributed by atoms with Crippen molar-refractivity contribution >= 4 is 23.4 Å². The van der Waals surface area contributed by atoms with Crippen LogP contribution >= 0.6 is 11.6 Å². The fourth-order valence-corrected chi connectivity index (χ4v) is 2.52. The van der Waals surface area contributed by atoms with Gasteiger partial charge in [-0.05, 0) is 43.9 Å². The van der Waals surface area contributed by atoms with Crippen molar-refractivity contribution in [3.63, 3.8) is 0 Å². The first-order valence-corrected chi connectivity index (χ1v) is 8.36. The smallest absolute Gasteiger partial charge is 0.251 e. The molecule has 2 rings (SSSR count). The number of hydrogen-bond acceptors (Lipinski definition) is 3. The second-order valence-corrected chi connectivity index (χ2v) is 6.42. The van der Waals surface area contributed by atoms with Crippen LogP contribution in [-0.2, 0) is 4.79 Å². The highest BCUT2D eigenvalue weighted by atomic mass is 35.5. The molecule has 5 nitrogen and oxygen atoms in total. The lowest BCUT2D eigenvalue weighted by Gasteiger charge is -2.23. The molecule has 0 bridgehead atoms. The van der Waals surface area contributed by atoms with Crippen LogP contribution in [0.3, 0.4) is 0 Å². The molecule has 0 saturated heterocycles. The Kier molecular flexibility index (Phi) is 6.98. The minimum Gasteiger partial charge on any atom is -0.346 e. The highest BCUT2D eigenvalue weighted by Gasteiger charge is 2.16. The second-order valence-electron chi connectivity index (χ2n) is 5.98. The molecule has 0 unspecified atom stereocenters. The first-order valence-electron chi connectivity index (χ1n) is 7.98. The van der Waals surface area contributed by atoms with Gasteiger partial charge in [-0.1, -0.05) is 41.9 Å². The number of nitrogens with zero attached hydrogens (tertiary/aromatic N) is 1. The number of benzene rings is 2. The lowest BCUT2D eigenvalue weighted by atomic mass is 10.1. The Hall–Kier alpha value is -2.37. The van der Waals surface area contributed by atoms with Crippen molar-refractivity contribution < 1.29 is 9.59 Å². The summed E-state index contributed by atoms with van der Waals surface area (Å²) < 4.78 is 0. The van der Waals surface area contributed by atoms with Crippen molar-refractivity contribution in [3.05, 3.63) is 70.7 Å². The molecule has 6 heteroatoms. The molecule has 2 aromatic carbocycles. The van der Waals surface area contributed by atoms with E-state index in [-0.39, 0.29) is 24.4 Å². The summed E-state index contributed by atoms with van der Waals surface area (Å²) in [6.07, 6.45) is 0. The maximum absolute atomic E-state index is 12.2. The van der Waals surface area contributed by atoms with Crippen LogP contribution in [0, 0.1) is 0 Å². The molecule has 0 aliphatic rings. The van der Waals surface area contributed by atoms with Crippen LogP contribution in [0.1, 0.15) is 22.0 Å². The zero-order valence-corrected chi connectivity index (χ0v) is 15.1. The van der Waals surface area contributed by atoms with Gasteiger partial charge in [-0.15, -0.1) is 0 Å². The van der Waals surface area contributed by atoms with Crippen LogP contribution in [0.2, 0.25) is 5.02 Å².